The number of hydrogen-bond acceptors (Lipinski definition) is 4. The molecule has 0 radical (unpaired) electrons. The summed E-state index contributed by atoms with van der Waals surface area (Å²) in [6, 6.07) is 7.46. The van der Waals surface area contributed by atoms with Crippen molar-refractivity contribution in [2.24, 2.45) is 0 Å². The predicted molar refractivity (Wildman–Crippen MR) is 58.7 cm³/mol. The fraction of sp³-hybridized carbons (Fsp3) is 0.273. The van der Waals surface area contributed by atoms with Crippen LogP contribution >= 0.6 is 0 Å². The van der Waals surface area contributed by atoms with Crippen molar-refractivity contribution in [1.29, 1.82) is 0 Å². The van der Waals surface area contributed by atoms with E-state index in [0.29, 0.717) is 12.0 Å². The molecule has 0 amide bonds. The maximum atomic E-state index is 11.6. The summed E-state index contributed by atoms with van der Waals surface area (Å²) < 4.78 is 1.93. The largest absolute Gasteiger partial charge is 0.313 e. The average Bonchev–Trinajstić information content (AvgIpc) is 2.83. The van der Waals surface area contributed by atoms with Gasteiger partial charge in [0.05, 0.1) is 17.5 Å². The van der Waals surface area contributed by atoms with Gasteiger partial charge < -0.3 is 4.57 Å². The highest BCUT2D eigenvalue weighted by atomic mass is 16.7. The summed E-state index contributed by atoms with van der Waals surface area (Å²) in [4.78, 5) is 20.5. The Morgan fingerprint density at radius 2 is 2.31 bits per heavy atom. The molecular formula is C11H11N3O2. The summed E-state index contributed by atoms with van der Waals surface area (Å²) in [7, 11) is 0. The summed E-state index contributed by atoms with van der Waals surface area (Å²) in [6.45, 7) is 0.672. The molecule has 0 spiro atoms. The molecule has 1 aromatic carbocycles. The van der Waals surface area contributed by atoms with Crippen molar-refractivity contribution in [1.82, 2.24) is 15.0 Å². The zero-order chi connectivity index (χ0) is 11.0. The minimum atomic E-state index is -0.189. The molecule has 5 heteroatoms. The van der Waals surface area contributed by atoms with E-state index in [0.717, 1.165) is 11.9 Å². The summed E-state index contributed by atoms with van der Waals surface area (Å²) in [5.74, 6) is 0. The summed E-state index contributed by atoms with van der Waals surface area (Å²) >= 11 is 0. The van der Waals surface area contributed by atoms with Gasteiger partial charge in [-0.2, -0.15) is 10.5 Å². The third kappa shape index (κ3) is 1.41. The van der Waals surface area contributed by atoms with E-state index in [1.54, 1.807) is 12.4 Å². The van der Waals surface area contributed by atoms with Crippen molar-refractivity contribution in [3.05, 3.63) is 40.9 Å². The van der Waals surface area contributed by atoms with E-state index in [1.165, 1.54) is 0 Å². The molecular weight excluding hydrogens is 206 g/mol. The lowest BCUT2D eigenvalue weighted by Gasteiger charge is -2.15. The molecule has 1 aliphatic rings. The number of nitrogens with zero attached hydrogens (tertiary/aromatic N) is 2. The molecule has 2 aromatic rings. The first-order valence-corrected chi connectivity index (χ1v) is 5.19. The first kappa shape index (κ1) is 9.50. The monoisotopic (exact) mass is 217 g/mol. The van der Waals surface area contributed by atoms with E-state index in [4.69, 9.17) is 4.84 Å². The van der Waals surface area contributed by atoms with Crippen LogP contribution in [0, 0.1) is 0 Å². The summed E-state index contributed by atoms with van der Waals surface area (Å²) in [5.41, 5.74) is 3.60. The minimum absolute atomic E-state index is 0.0537. The van der Waals surface area contributed by atoms with Gasteiger partial charge in [0.1, 0.15) is 12.5 Å². The zero-order valence-electron chi connectivity index (χ0n) is 8.59. The molecule has 0 aliphatic carbocycles. The Kier molecular flexibility index (Phi) is 2.19. The normalized spacial score (nSPS) is 20.4. The second kappa shape index (κ2) is 3.70. The lowest BCUT2D eigenvalue weighted by atomic mass is 10.2. The molecule has 1 aliphatic heterocycles. The maximum absolute atomic E-state index is 11.6. The van der Waals surface area contributed by atoms with Gasteiger partial charge in [-0.3, -0.25) is 9.63 Å². The fourth-order valence-electron chi connectivity index (χ4n) is 1.95. The number of aromatic nitrogens is 2. The Morgan fingerprint density at radius 3 is 3.12 bits per heavy atom. The van der Waals surface area contributed by atoms with E-state index in [2.05, 4.69) is 10.5 Å². The molecule has 1 fully saturated rings. The standard InChI is InChI=1S/C11H11N3O2/c15-11-8-3-1-2-4-9(8)14(7-12-11)10-5-6-16-13-10/h1-4,7,10,13H,5-6H2. The second-order valence-electron chi connectivity index (χ2n) is 3.74. The highest BCUT2D eigenvalue weighted by Gasteiger charge is 2.18. The van der Waals surface area contributed by atoms with Crippen molar-refractivity contribution in [2.75, 3.05) is 6.61 Å². The minimum Gasteiger partial charge on any atom is -0.313 e. The van der Waals surface area contributed by atoms with Crippen LogP contribution in [-0.2, 0) is 4.84 Å². The Labute approximate surface area is 91.6 Å². The van der Waals surface area contributed by atoms with Crippen molar-refractivity contribution >= 4 is 10.9 Å². The van der Waals surface area contributed by atoms with Gasteiger partial charge in [0.25, 0.3) is 5.56 Å². The number of fused-ring (bicyclic) bond motifs is 1. The first-order chi connectivity index (χ1) is 7.86. The van der Waals surface area contributed by atoms with Crippen molar-refractivity contribution in [3.63, 3.8) is 0 Å². The maximum Gasteiger partial charge on any atom is 0.280 e. The van der Waals surface area contributed by atoms with Gasteiger partial charge in [0.2, 0.25) is 0 Å². The zero-order valence-corrected chi connectivity index (χ0v) is 8.59. The average molecular weight is 217 g/mol. The topological polar surface area (TPSA) is 56.2 Å². The number of rotatable bonds is 1. The van der Waals surface area contributed by atoms with Gasteiger partial charge >= 0.3 is 0 Å². The first-order valence-electron chi connectivity index (χ1n) is 5.19. The van der Waals surface area contributed by atoms with Crippen LogP contribution in [0.25, 0.3) is 10.9 Å². The second-order valence-corrected chi connectivity index (χ2v) is 3.74. The van der Waals surface area contributed by atoms with Gasteiger partial charge in [-0.15, -0.1) is 0 Å². The lowest BCUT2D eigenvalue weighted by Crippen LogP contribution is -2.22. The quantitative estimate of drug-likeness (QED) is 0.768. The smallest absolute Gasteiger partial charge is 0.280 e. The Bertz CT molecular complexity index is 573. The van der Waals surface area contributed by atoms with Crippen LogP contribution in [-0.4, -0.2) is 16.2 Å². The number of hydroxylamine groups is 1. The van der Waals surface area contributed by atoms with Crippen LogP contribution in [0.3, 0.4) is 0 Å². The summed E-state index contributed by atoms with van der Waals surface area (Å²) in [5, 5.41) is 0.638. The highest BCUT2D eigenvalue weighted by molar-refractivity contribution is 5.77. The van der Waals surface area contributed by atoms with Crippen LogP contribution in [0.15, 0.2) is 35.4 Å². The van der Waals surface area contributed by atoms with Crippen LogP contribution in [0.2, 0.25) is 0 Å². The summed E-state index contributed by atoms with van der Waals surface area (Å²) in [6.07, 6.45) is 2.49. The van der Waals surface area contributed by atoms with E-state index < -0.39 is 0 Å². The van der Waals surface area contributed by atoms with Gasteiger partial charge in [0.15, 0.2) is 0 Å². The molecule has 2 heterocycles. The third-order valence-electron chi connectivity index (χ3n) is 2.76. The number of hydrogen-bond donors (Lipinski definition) is 1. The van der Waals surface area contributed by atoms with Crippen LogP contribution in [0.5, 0.6) is 0 Å². The molecule has 1 aromatic heterocycles. The molecule has 1 atom stereocenters. The molecule has 0 bridgehead atoms. The van der Waals surface area contributed by atoms with E-state index in [9.17, 15) is 4.79 Å². The van der Waals surface area contributed by atoms with E-state index in [-0.39, 0.29) is 11.7 Å². The van der Waals surface area contributed by atoms with Crippen LogP contribution in [0.1, 0.15) is 12.6 Å². The molecule has 16 heavy (non-hydrogen) atoms. The van der Waals surface area contributed by atoms with Gasteiger partial charge in [-0.05, 0) is 12.1 Å². The van der Waals surface area contributed by atoms with Gasteiger partial charge in [-0.25, -0.2) is 0 Å². The molecule has 0 saturated carbocycles. The SMILES string of the molecule is O=c1ncn(C2CCON2)c2ccccc12. The molecule has 5 nitrogen and oxygen atoms in total. The Balaban J connectivity index is 2.25. The Morgan fingerprint density at radius 1 is 1.44 bits per heavy atom. The third-order valence-corrected chi connectivity index (χ3v) is 2.76. The molecule has 3 rings (SSSR count). The van der Waals surface area contributed by atoms with Crippen molar-refractivity contribution in [2.45, 2.75) is 12.6 Å². The number of benzene rings is 1. The van der Waals surface area contributed by atoms with Crippen LogP contribution in [0.4, 0.5) is 0 Å². The molecule has 82 valence electrons. The fourth-order valence-corrected chi connectivity index (χ4v) is 1.95. The highest BCUT2D eigenvalue weighted by Crippen LogP contribution is 2.18. The van der Waals surface area contributed by atoms with Crippen LogP contribution < -0.4 is 11.0 Å². The molecule has 1 saturated heterocycles. The van der Waals surface area contributed by atoms with Crippen molar-refractivity contribution < 1.29 is 4.84 Å². The van der Waals surface area contributed by atoms with E-state index in [1.807, 2.05) is 22.8 Å². The van der Waals surface area contributed by atoms with Gasteiger partial charge in [-0.1, -0.05) is 12.1 Å². The molecule has 1 N–H and O–H groups in total. The molecule has 1 unspecified atom stereocenters. The number of nitrogens with one attached hydrogen (secondary N) is 1. The number of para-hydroxylation sites is 1. The Hall–Kier alpha value is -1.72. The van der Waals surface area contributed by atoms with Crippen molar-refractivity contribution in [3.8, 4) is 0 Å². The van der Waals surface area contributed by atoms with E-state index >= 15 is 0 Å². The lowest BCUT2D eigenvalue weighted by molar-refractivity contribution is 0.0767. The van der Waals surface area contributed by atoms with Gasteiger partial charge in [0, 0.05) is 6.42 Å². The predicted octanol–water partition coefficient (Wildman–Crippen LogP) is 0.820.